The third kappa shape index (κ3) is 4.52. The first kappa shape index (κ1) is 20.7. The third-order valence-electron chi connectivity index (χ3n) is 4.37. The van der Waals surface area contributed by atoms with Crippen LogP contribution in [0.1, 0.15) is 37.5 Å². The highest BCUT2D eigenvalue weighted by molar-refractivity contribution is 6.21. The van der Waals surface area contributed by atoms with Crippen molar-refractivity contribution < 1.29 is 33.4 Å². The number of nitrogens with one attached hydrogen (secondary N) is 1. The molecule has 0 radical (unpaired) electrons. The van der Waals surface area contributed by atoms with Crippen molar-refractivity contribution in [2.24, 2.45) is 0 Å². The number of esters is 2. The number of hydrogen-bond donors (Lipinski definition) is 1. The fourth-order valence-corrected chi connectivity index (χ4v) is 2.87. The zero-order chi connectivity index (χ0) is 21.7. The summed E-state index contributed by atoms with van der Waals surface area (Å²) in [6, 6.07) is 12.4. The van der Waals surface area contributed by atoms with Crippen LogP contribution in [0.25, 0.3) is 0 Å². The highest BCUT2D eigenvalue weighted by atomic mass is 16.5. The number of hydrogen-bond acceptors (Lipinski definition) is 7. The van der Waals surface area contributed by atoms with Crippen LogP contribution in [0.3, 0.4) is 0 Å². The number of rotatable bonds is 7. The van der Waals surface area contributed by atoms with Gasteiger partial charge in [-0.15, -0.1) is 0 Å². The molecule has 30 heavy (non-hydrogen) atoms. The summed E-state index contributed by atoms with van der Waals surface area (Å²) in [4.78, 5) is 60.6. The van der Waals surface area contributed by atoms with Gasteiger partial charge in [-0.25, -0.2) is 4.79 Å². The van der Waals surface area contributed by atoms with E-state index in [-0.39, 0.29) is 13.0 Å². The molecule has 3 amide bonds. The molecule has 1 aliphatic heterocycles. The van der Waals surface area contributed by atoms with Crippen LogP contribution in [0, 0.1) is 0 Å². The first-order valence-electron chi connectivity index (χ1n) is 9.00. The van der Waals surface area contributed by atoms with Gasteiger partial charge in [0.1, 0.15) is 0 Å². The molecule has 2 aromatic rings. The van der Waals surface area contributed by atoms with Gasteiger partial charge in [0.2, 0.25) is 0 Å². The molecule has 154 valence electrons. The van der Waals surface area contributed by atoms with Gasteiger partial charge >= 0.3 is 11.9 Å². The summed E-state index contributed by atoms with van der Waals surface area (Å²) < 4.78 is 9.47. The maximum absolute atomic E-state index is 12.2. The number of carbonyl (C=O) groups excluding carboxylic acids is 5. The van der Waals surface area contributed by atoms with Crippen molar-refractivity contribution in [3.05, 3.63) is 65.2 Å². The van der Waals surface area contributed by atoms with Gasteiger partial charge in [-0.2, -0.15) is 0 Å². The first-order chi connectivity index (χ1) is 14.4. The lowest BCUT2D eigenvalue weighted by molar-refractivity contribution is -0.147. The van der Waals surface area contributed by atoms with Gasteiger partial charge in [0, 0.05) is 12.2 Å². The van der Waals surface area contributed by atoms with Crippen LogP contribution in [0.5, 0.6) is 0 Å². The third-order valence-corrected chi connectivity index (χ3v) is 4.37. The lowest BCUT2D eigenvalue weighted by atomic mass is 10.1. The van der Waals surface area contributed by atoms with Crippen molar-refractivity contribution >= 4 is 35.3 Å². The molecule has 0 atom stereocenters. The molecule has 2 aromatic carbocycles. The van der Waals surface area contributed by atoms with Gasteiger partial charge in [0.25, 0.3) is 17.7 Å². The number of imide groups is 1. The summed E-state index contributed by atoms with van der Waals surface area (Å²) >= 11 is 0. The van der Waals surface area contributed by atoms with Crippen molar-refractivity contribution in [2.45, 2.75) is 6.42 Å². The van der Waals surface area contributed by atoms with E-state index in [0.717, 1.165) is 4.90 Å². The molecule has 1 aliphatic rings. The molecule has 0 bridgehead atoms. The Morgan fingerprint density at radius 1 is 0.933 bits per heavy atom. The highest BCUT2D eigenvalue weighted by Gasteiger charge is 2.35. The number of anilines is 1. The summed E-state index contributed by atoms with van der Waals surface area (Å²) in [6.45, 7) is -0.665. The van der Waals surface area contributed by atoms with Crippen molar-refractivity contribution in [1.29, 1.82) is 0 Å². The summed E-state index contributed by atoms with van der Waals surface area (Å²) in [7, 11) is 1.26. The number of fused-ring (bicyclic) bond motifs is 1. The Bertz CT molecular complexity index is 979. The molecule has 0 unspecified atom stereocenters. The Morgan fingerprint density at radius 2 is 1.53 bits per heavy atom. The second-order valence-electron chi connectivity index (χ2n) is 6.34. The number of carbonyl (C=O) groups is 5. The lowest BCUT2D eigenvalue weighted by Crippen LogP contribution is -2.32. The standard InChI is InChI=1S/C21H18N2O7/c1-29-21(28)13-6-8-14(9-7-13)22-17(24)12-30-18(25)10-11-23-19(26)15-4-2-3-5-16(15)20(23)27/h2-9H,10-12H2,1H3,(H,22,24). The van der Waals surface area contributed by atoms with Crippen LogP contribution in [-0.4, -0.2) is 54.8 Å². The molecule has 3 rings (SSSR count). The van der Waals surface area contributed by atoms with Gasteiger partial charge in [-0.3, -0.25) is 24.1 Å². The second-order valence-corrected chi connectivity index (χ2v) is 6.34. The summed E-state index contributed by atoms with van der Waals surface area (Å²) in [5.74, 6) is -2.72. The summed E-state index contributed by atoms with van der Waals surface area (Å²) in [5.41, 5.74) is 1.34. The predicted molar refractivity (Wildman–Crippen MR) is 104 cm³/mol. The molecular weight excluding hydrogens is 392 g/mol. The molecule has 0 fully saturated rings. The van der Waals surface area contributed by atoms with Crippen LogP contribution in [0.2, 0.25) is 0 Å². The maximum atomic E-state index is 12.2. The Hall–Kier alpha value is -4.01. The van der Waals surface area contributed by atoms with Crippen LogP contribution < -0.4 is 5.32 Å². The van der Waals surface area contributed by atoms with E-state index in [1.165, 1.54) is 31.4 Å². The lowest BCUT2D eigenvalue weighted by Gasteiger charge is -2.13. The van der Waals surface area contributed by atoms with Crippen molar-refractivity contribution in [2.75, 3.05) is 25.6 Å². The number of ether oxygens (including phenoxy) is 2. The molecule has 0 saturated heterocycles. The van der Waals surface area contributed by atoms with E-state index < -0.39 is 36.3 Å². The Morgan fingerprint density at radius 3 is 2.10 bits per heavy atom. The van der Waals surface area contributed by atoms with Gasteiger partial charge in [-0.1, -0.05) is 12.1 Å². The van der Waals surface area contributed by atoms with Gasteiger partial charge in [-0.05, 0) is 36.4 Å². The van der Waals surface area contributed by atoms with Crippen molar-refractivity contribution in [1.82, 2.24) is 4.90 Å². The number of benzene rings is 2. The van der Waals surface area contributed by atoms with E-state index in [1.54, 1.807) is 24.3 Å². The highest BCUT2D eigenvalue weighted by Crippen LogP contribution is 2.22. The normalized spacial score (nSPS) is 12.4. The molecule has 1 heterocycles. The fraction of sp³-hybridized carbons (Fsp3) is 0.190. The molecule has 0 spiro atoms. The van der Waals surface area contributed by atoms with Crippen LogP contribution in [-0.2, 0) is 19.1 Å². The SMILES string of the molecule is COC(=O)c1ccc(NC(=O)COC(=O)CCN2C(=O)c3ccccc3C2=O)cc1. The van der Waals surface area contributed by atoms with Crippen molar-refractivity contribution in [3.8, 4) is 0 Å². The first-order valence-corrected chi connectivity index (χ1v) is 9.00. The molecule has 9 nitrogen and oxygen atoms in total. The maximum Gasteiger partial charge on any atom is 0.337 e. The average molecular weight is 410 g/mol. The second kappa shape index (κ2) is 8.99. The van der Waals surface area contributed by atoms with Crippen LogP contribution in [0.15, 0.2) is 48.5 Å². The topological polar surface area (TPSA) is 119 Å². The largest absolute Gasteiger partial charge is 0.465 e. The smallest absolute Gasteiger partial charge is 0.337 e. The van der Waals surface area contributed by atoms with E-state index >= 15 is 0 Å². The van der Waals surface area contributed by atoms with Gasteiger partial charge in [0.15, 0.2) is 6.61 Å². The zero-order valence-corrected chi connectivity index (χ0v) is 16.0. The zero-order valence-electron chi connectivity index (χ0n) is 16.0. The quantitative estimate of drug-likeness (QED) is 0.544. The van der Waals surface area contributed by atoms with Crippen LogP contribution >= 0.6 is 0 Å². The van der Waals surface area contributed by atoms with E-state index in [9.17, 15) is 24.0 Å². The van der Waals surface area contributed by atoms with Crippen LogP contribution in [0.4, 0.5) is 5.69 Å². The van der Waals surface area contributed by atoms with Gasteiger partial charge in [0.05, 0.1) is 30.2 Å². The summed E-state index contributed by atoms with van der Waals surface area (Å²) in [5, 5.41) is 2.52. The predicted octanol–water partition coefficient (Wildman–Crippen LogP) is 1.64. The molecular formula is C21H18N2O7. The Labute approximate surface area is 171 Å². The average Bonchev–Trinajstić information content (AvgIpc) is 3.01. The minimum Gasteiger partial charge on any atom is -0.465 e. The van der Waals surface area contributed by atoms with Gasteiger partial charge < -0.3 is 14.8 Å². The number of amides is 3. The Balaban J connectivity index is 1.44. The number of methoxy groups -OCH3 is 1. The molecule has 0 saturated carbocycles. The monoisotopic (exact) mass is 410 g/mol. The minimum absolute atomic E-state index is 0.137. The van der Waals surface area contributed by atoms with E-state index in [4.69, 9.17) is 4.74 Å². The molecule has 0 aliphatic carbocycles. The van der Waals surface area contributed by atoms with Crippen molar-refractivity contribution in [3.63, 3.8) is 0 Å². The molecule has 9 heteroatoms. The summed E-state index contributed by atoms with van der Waals surface area (Å²) in [6.07, 6.45) is -0.230. The van der Waals surface area contributed by atoms with E-state index in [1.807, 2.05) is 0 Å². The van der Waals surface area contributed by atoms with E-state index in [2.05, 4.69) is 10.1 Å². The molecule has 0 aromatic heterocycles. The number of nitrogens with zero attached hydrogens (tertiary/aromatic N) is 1. The fourth-order valence-electron chi connectivity index (χ4n) is 2.87. The minimum atomic E-state index is -0.720. The molecule has 1 N–H and O–H groups in total. The van der Waals surface area contributed by atoms with E-state index in [0.29, 0.717) is 22.4 Å². The Kier molecular flexibility index (Phi) is 6.21.